The Balaban J connectivity index is 2.00. The van der Waals surface area contributed by atoms with E-state index >= 15 is 0 Å². The van der Waals surface area contributed by atoms with Gasteiger partial charge in [0.25, 0.3) is 0 Å². The molecular formula is C13H21N3O2. The van der Waals surface area contributed by atoms with Gasteiger partial charge in [-0.1, -0.05) is 19.3 Å². The highest BCUT2D eigenvalue weighted by atomic mass is 16.4. The first-order valence-electron chi connectivity index (χ1n) is 6.54. The van der Waals surface area contributed by atoms with Crippen LogP contribution >= 0.6 is 0 Å². The first kappa shape index (κ1) is 13.1. The van der Waals surface area contributed by atoms with E-state index in [0.29, 0.717) is 6.04 Å². The Bertz CT molecular complexity index is 422. The molecule has 100 valence electrons. The van der Waals surface area contributed by atoms with Crippen molar-refractivity contribution in [1.82, 2.24) is 14.7 Å². The standard InChI is InChI=1S/C13H21N3O2/c1-15(11-6-4-3-5-7-11)9-10-8-12(13(17)18)16(2)14-10/h8,11H,3-7,9H2,1-2H3,(H,17,18). The van der Waals surface area contributed by atoms with Gasteiger partial charge in [0.15, 0.2) is 0 Å². The van der Waals surface area contributed by atoms with Crippen molar-refractivity contribution in [3.05, 3.63) is 17.5 Å². The second-order valence-corrected chi connectivity index (χ2v) is 5.16. The zero-order valence-electron chi connectivity index (χ0n) is 11.1. The minimum atomic E-state index is -0.920. The molecule has 5 heteroatoms. The average Bonchev–Trinajstić information content (AvgIpc) is 2.71. The summed E-state index contributed by atoms with van der Waals surface area (Å²) in [4.78, 5) is 13.2. The lowest BCUT2D eigenvalue weighted by Gasteiger charge is -2.30. The lowest BCUT2D eigenvalue weighted by molar-refractivity contribution is 0.0685. The number of hydrogen-bond acceptors (Lipinski definition) is 3. The normalized spacial score (nSPS) is 17.3. The van der Waals surface area contributed by atoms with Crippen LogP contribution in [-0.2, 0) is 13.6 Å². The van der Waals surface area contributed by atoms with Gasteiger partial charge in [0, 0.05) is 19.6 Å². The van der Waals surface area contributed by atoms with Gasteiger partial charge in [0.2, 0.25) is 0 Å². The summed E-state index contributed by atoms with van der Waals surface area (Å²) in [5.74, 6) is -0.920. The summed E-state index contributed by atoms with van der Waals surface area (Å²) in [6, 6.07) is 2.29. The molecule has 0 aromatic carbocycles. The molecule has 1 aromatic heterocycles. The summed E-state index contributed by atoms with van der Waals surface area (Å²) in [5.41, 5.74) is 1.09. The van der Waals surface area contributed by atoms with Gasteiger partial charge in [-0.05, 0) is 26.0 Å². The fourth-order valence-corrected chi connectivity index (χ4v) is 2.71. The molecule has 1 aliphatic carbocycles. The van der Waals surface area contributed by atoms with E-state index in [2.05, 4.69) is 17.0 Å². The Morgan fingerprint density at radius 2 is 2.17 bits per heavy atom. The largest absolute Gasteiger partial charge is 0.477 e. The van der Waals surface area contributed by atoms with Crippen molar-refractivity contribution in [1.29, 1.82) is 0 Å². The van der Waals surface area contributed by atoms with E-state index in [-0.39, 0.29) is 5.69 Å². The van der Waals surface area contributed by atoms with Gasteiger partial charge in [-0.2, -0.15) is 5.10 Å². The summed E-state index contributed by atoms with van der Waals surface area (Å²) in [6.45, 7) is 0.728. The molecule has 18 heavy (non-hydrogen) atoms. The molecular weight excluding hydrogens is 230 g/mol. The van der Waals surface area contributed by atoms with Crippen LogP contribution in [0.1, 0.15) is 48.3 Å². The van der Waals surface area contributed by atoms with Gasteiger partial charge in [0.05, 0.1) is 5.69 Å². The third-order valence-electron chi connectivity index (χ3n) is 3.76. The van der Waals surface area contributed by atoms with Gasteiger partial charge in [0.1, 0.15) is 5.69 Å². The number of aromatic carboxylic acids is 1. The Labute approximate surface area is 107 Å². The van der Waals surface area contributed by atoms with E-state index in [1.165, 1.54) is 36.8 Å². The van der Waals surface area contributed by atoms with Crippen molar-refractivity contribution < 1.29 is 9.90 Å². The summed E-state index contributed by atoms with van der Waals surface area (Å²) in [5, 5.41) is 13.2. The zero-order chi connectivity index (χ0) is 13.1. The van der Waals surface area contributed by atoms with Crippen molar-refractivity contribution >= 4 is 5.97 Å². The van der Waals surface area contributed by atoms with Gasteiger partial charge in [-0.25, -0.2) is 4.79 Å². The molecule has 0 saturated heterocycles. The maximum absolute atomic E-state index is 10.9. The second kappa shape index (κ2) is 5.52. The Morgan fingerprint density at radius 1 is 1.50 bits per heavy atom. The van der Waals surface area contributed by atoms with Crippen LogP contribution in [-0.4, -0.2) is 38.8 Å². The van der Waals surface area contributed by atoms with Gasteiger partial charge >= 0.3 is 5.97 Å². The van der Waals surface area contributed by atoms with E-state index in [1.54, 1.807) is 13.1 Å². The second-order valence-electron chi connectivity index (χ2n) is 5.16. The number of hydrogen-bond donors (Lipinski definition) is 1. The Hall–Kier alpha value is -1.36. The smallest absolute Gasteiger partial charge is 0.354 e. The predicted octanol–water partition coefficient (Wildman–Crippen LogP) is 1.88. The summed E-state index contributed by atoms with van der Waals surface area (Å²) in [7, 11) is 3.78. The van der Waals surface area contributed by atoms with E-state index in [0.717, 1.165) is 12.2 Å². The van der Waals surface area contributed by atoms with E-state index in [1.807, 2.05) is 0 Å². The summed E-state index contributed by atoms with van der Waals surface area (Å²) < 4.78 is 1.44. The third-order valence-corrected chi connectivity index (χ3v) is 3.76. The highest BCUT2D eigenvalue weighted by molar-refractivity contribution is 5.85. The first-order chi connectivity index (χ1) is 8.58. The molecule has 0 aliphatic heterocycles. The van der Waals surface area contributed by atoms with Gasteiger partial charge in [-0.3, -0.25) is 9.58 Å². The van der Waals surface area contributed by atoms with Crippen LogP contribution in [0, 0.1) is 0 Å². The SMILES string of the molecule is CN(Cc1cc(C(=O)O)n(C)n1)C1CCCCC1. The molecule has 1 aromatic rings. The third kappa shape index (κ3) is 2.90. The van der Waals surface area contributed by atoms with Crippen molar-refractivity contribution in [2.75, 3.05) is 7.05 Å². The number of carboxylic acid groups (broad SMARTS) is 1. The molecule has 0 bridgehead atoms. The summed E-state index contributed by atoms with van der Waals surface area (Å²) >= 11 is 0. The minimum Gasteiger partial charge on any atom is -0.477 e. The molecule has 0 atom stereocenters. The fraction of sp³-hybridized carbons (Fsp3) is 0.692. The maximum atomic E-state index is 10.9. The van der Waals surface area contributed by atoms with Crippen LogP contribution in [0.2, 0.25) is 0 Å². The van der Waals surface area contributed by atoms with Crippen LogP contribution < -0.4 is 0 Å². The van der Waals surface area contributed by atoms with Crippen LogP contribution in [0.15, 0.2) is 6.07 Å². The molecule has 1 fully saturated rings. The molecule has 1 aliphatic rings. The Morgan fingerprint density at radius 3 is 2.72 bits per heavy atom. The van der Waals surface area contributed by atoms with E-state index < -0.39 is 5.97 Å². The minimum absolute atomic E-state index is 0.252. The van der Waals surface area contributed by atoms with Crippen molar-refractivity contribution in [2.45, 2.75) is 44.7 Å². The van der Waals surface area contributed by atoms with Crippen LogP contribution in [0.3, 0.4) is 0 Å². The van der Waals surface area contributed by atoms with Crippen molar-refractivity contribution in [3.63, 3.8) is 0 Å². The maximum Gasteiger partial charge on any atom is 0.354 e. The average molecular weight is 251 g/mol. The first-order valence-corrected chi connectivity index (χ1v) is 6.54. The molecule has 0 spiro atoms. The number of carboxylic acids is 1. The number of nitrogens with zero attached hydrogens (tertiary/aromatic N) is 3. The lowest BCUT2D eigenvalue weighted by Crippen LogP contribution is -2.33. The number of carbonyl (C=O) groups is 1. The lowest BCUT2D eigenvalue weighted by atomic mass is 9.94. The summed E-state index contributed by atoms with van der Waals surface area (Å²) in [6.07, 6.45) is 6.44. The molecule has 0 radical (unpaired) electrons. The fourth-order valence-electron chi connectivity index (χ4n) is 2.71. The van der Waals surface area contributed by atoms with Gasteiger partial charge < -0.3 is 5.11 Å². The number of aromatic nitrogens is 2. The van der Waals surface area contributed by atoms with E-state index in [9.17, 15) is 4.79 Å². The quantitative estimate of drug-likeness (QED) is 0.887. The monoisotopic (exact) mass is 251 g/mol. The van der Waals surface area contributed by atoms with E-state index in [4.69, 9.17) is 5.11 Å². The molecule has 5 nitrogen and oxygen atoms in total. The van der Waals surface area contributed by atoms with Crippen molar-refractivity contribution in [3.8, 4) is 0 Å². The Kier molecular flexibility index (Phi) is 4.01. The molecule has 1 saturated carbocycles. The highest BCUT2D eigenvalue weighted by Crippen LogP contribution is 2.22. The van der Waals surface area contributed by atoms with Crippen LogP contribution in [0.25, 0.3) is 0 Å². The molecule has 1 heterocycles. The zero-order valence-corrected chi connectivity index (χ0v) is 11.1. The molecule has 1 N–H and O–H groups in total. The van der Waals surface area contributed by atoms with Gasteiger partial charge in [-0.15, -0.1) is 0 Å². The molecule has 0 amide bonds. The topological polar surface area (TPSA) is 58.4 Å². The van der Waals surface area contributed by atoms with Crippen LogP contribution in [0.4, 0.5) is 0 Å². The molecule has 2 rings (SSSR count). The van der Waals surface area contributed by atoms with Crippen molar-refractivity contribution in [2.24, 2.45) is 7.05 Å². The van der Waals surface area contributed by atoms with Crippen LogP contribution in [0.5, 0.6) is 0 Å². The predicted molar refractivity (Wildman–Crippen MR) is 68.5 cm³/mol. The number of aryl methyl sites for hydroxylation is 1. The molecule has 0 unspecified atom stereocenters. The highest BCUT2D eigenvalue weighted by Gasteiger charge is 2.20. The number of rotatable bonds is 4.